The van der Waals surface area contributed by atoms with E-state index in [9.17, 15) is 9.59 Å². The lowest BCUT2D eigenvalue weighted by molar-refractivity contribution is -0.116. The van der Waals surface area contributed by atoms with Crippen molar-refractivity contribution in [1.29, 1.82) is 0 Å². The second-order valence-corrected chi connectivity index (χ2v) is 6.15. The molecule has 9 heteroatoms. The third-order valence-corrected chi connectivity index (χ3v) is 4.28. The van der Waals surface area contributed by atoms with Gasteiger partial charge in [-0.25, -0.2) is 4.98 Å². The molecule has 3 heterocycles. The number of rotatable bonds is 5. The van der Waals surface area contributed by atoms with Gasteiger partial charge in [-0.1, -0.05) is 0 Å². The monoisotopic (exact) mass is 378 g/mol. The Labute approximate surface area is 159 Å². The summed E-state index contributed by atoms with van der Waals surface area (Å²) >= 11 is 0. The number of pyridine rings is 1. The molecule has 0 fully saturated rings. The van der Waals surface area contributed by atoms with Crippen LogP contribution >= 0.6 is 0 Å². The molecule has 0 radical (unpaired) electrons. The van der Waals surface area contributed by atoms with Crippen molar-refractivity contribution in [3.8, 4) is 5.75 Å². The molecule has 28 heavy (non-hydrogen) atoms. The van der Waals surface area contributed by atoms with Crippen LogP contribution < -0.4 is 15.6 Å². The summed E-state index contributed by atoms with van der Waals surface area (Å²) in [7, 11) is 0. The van der Waals surface area contributed by atoms with E-state index in [1.807, 2.05) is 6.92 Å². The quantitative estimate of drug-likeness (QED) is 0.568. The van der Waals surface area contributed by atoms with Gasteiger partial charge in [0.05, 0.1) is 12.1 Å². The number of aryl methyl sites for hydroxylation is 1. The molecule has 3 aromatic heterocycles. The first-order valence-electron chi connectivity index (χ1n) is 8.80. The van der Waals surface area contributed by atoms with Crippen molar-refractivity contribution in [2.24, 2.45) is 0 Å². The summed E-state index contributed by atoms with van der Waals surface area (Å²) in [5.74, 6) is 0.945. The van der Waals surface area contributed by atoms with Crippen molar-refractivity contribution >= 4 is 28.4 Å². The van der Waals surface area contributed by atoms with Crippen LogP contribution in [0.15, 0.2) is 47.4 Å². The Kier molecular flexibility index (Phi) is 4.48. The van der Waals surface area contributed by atoms with Crippen LogP contribution in [0.2, 0.25) is 0 Å². The molecule has 0 aliphatic carbocycles. The van der Waals surface area contributed by atoms with E-state index >= 15 is 0 Å². The number of nitrogens with one attached hydrogen (secondary N) is 1. The molecule has 1 N–H and O–H groups in total. The Hall–Kier alpha value is -3.75. The minimum Gasteiger partial charge on any atom is -0.494 e. The SMILES string of the molecule is CCOc1ccc(NC(=O)Cn2c(=O)c3nnc(C)n3c3ncccc32)cc1. The van der Waals surface area contributed by atoms with Crippen LogP contribution in [0.5, 0.6) is 5.75 Å². The lowest BCUT2D eigenvalue weighted by Gasteiger charge is -2.12. The fourth-order valence-corrected chi connectivity index (χ4v) is 3.06. The van der Waals surface area contributed by atoms with Crippen LogP contribution in [0.4, 0.5) is 5.69 Å². The van der Waals surface area contributed by atoms with E-state index in [2.05, 4.69) is 20.5 Å². The average molecular weight is 378 g/mol. The molecule has 1 aromatic carbocycles. The molecule has 4 rings (SSSR count). The van der Waals surface area contributed by atoms with Gasteiger partial charge in [0.25, 0.3) is 5.56 Å². The highest BCUT2D eigenvalue weighted by molar-refractivity contribution is 5.91. The summed E-state index contributed by atoms with van der Waals surface area (Å²) in [6, 6.07) is 10.5. The number of hydrogen-bond donors (Lipinski definition) is 1. The van der Waals surface area contributed by atoms with Gasteiger partial charge in [0.15, 0.2) is 5.65 Å². The molecule has 0 aliphatic heterocycles. The van der Waals surface area contributed by atoms with E-state index in [-0.39, 0.29) is 18.1 Å². The van der Waals surface area contributed by atoms with Crippen molar-refractivity contribution in [3.05, 3.63) is 58.8 Å². The van der Waals surface area contributed by atoms with Crippen LogP contribution in [-0.2, 0) is 11.3 Å². The molecule has 0 saturated heterocycles. The Balaban J connectivity index is 1.68. The van der Waals surface area contributed by atoms with Crippen LogP contribution in [0.3, 0.4) is 0 Å². The molecule has 9 nitrogen and oxygen atoms in total. The van der Waals surface area contributed by atoms with Crippen LogP contribution in [0.25, 0.3) is 16.8 Å². The first kappa shape index (κ1) is 17.7. The topological polar surface area (TPSA) is 103 Å². The first-order valence-corrected chi connectivity index (χ1v) is 8.80. The summed E-state index contributed by atoms with van der Waals surface area (Å²) in [6.45, 7) is 4.05. The number of aromatic nitrogens is 5. The largest absolute Gasteiger partial charge is 0.494 e. The zero-order valence-electron chi connectivity index (χ0n) is 15.4. The molecule has 0 atom stereocenters. The first-order chi connectivity index (χ1) is 13.6. The third-order valence-electron chi connectivity index (χ3n) is 4.28. The smallest absolute Gasteiger partial charge is 0.297 e. The second-order valence-electron chi connectivity index (χ2n) is 6.15. The van der Waals surface area contributed by atoms with E-state index in [1.54, 1.807) is 53.9 Å². The van der Waals surface area contributed by atoms with E-state index in [0.717, 1.165) is 5.75 Å². The summed E-state index contributed by atoms with van der Waals surface area (Å²) in [5, 5.41) is 10.7. The maximum absolute atomic E-state index is 12.9. The number of anilines is 1. The lowest BCUT2D eigenvalue weighted by atomic mass is 10.3. The molecule has 0 bridgehead atoms. The van der Waals surface area contributed by atoms with Gasteiger partial charge in [0, 0.05) is 11.9 Å². The fourth-order valence-electron chi connectivity index (χ4n) is 3.06. The number of fused-ring (bicyclic) bond motifs is 3. The summed E-state index contributed by atoms with van der Waals surface area (Å²) in [5.41, 5.74) is 1.40. The van der Waals surface area contributed by atoms with E-state index in [0.29, 0.717) is 29.3 Å². The Morgan fingerprint density at radius 3 is 2.68 bits per heavy atom. The van der Waals surface area contributed by atoms with E-state index < -0.39 is 5.56 Å². The normalized spacial score (nSPS) is 11.1. The van der Waals surface area contributed by atoms with Gasteiger partial charge in [0.1, 0.15) is 18.1 Å². The molecule has 4 aromatic rings. The number of carbonyl (C=O) groups is 1. The van der Waals surface area contributed by atoms with Gasteiger partial charge < -0.3 is 10.1 Å². The highest BCUT2D eigenvalue weighted by Gasteiger charge is 2.17. The van der Waals surface area contributed by atoms with E-state index in [1.165, 1.54) is 4.57 Å². The molecule has 142 valence electrons. The van der Waals surface area contributed by atoms with Crippen LogP contribution in [0.1, 0.15) is 12.7 Å². The Morgan fingerprint density at radius 2 is 1.93 bits per heavy atom. The van der Waals surface area contributed by atoms with Gasteiger partial charge in [-0.3, -0.25) is 18.6 Å². The standard InChI is InChI=1S/C19H18N6O3/c1-3-28-14-8-6-13(7-9-14)21-16(26)11-24-15-5-4-10-20-17(15)25-12(2)22-23-18(25)19(24)27/h4-10H,3,11H2,1-2H3,(H,21,26). The number of benzene rings is 1. The summed E-state index contributed by atoms with van der Waals surface area (Å²) in [4.78, 5) is 29.8. The average Bonchev–Trinajstić information content (AvgIpc) is 3.09. The predicted molar refractivity (Wildman–Crippen MR) is 104 cm³/mol. The highest BCUT2D eigenvalue weighted by atomic mass is 16.5. The predicted octanol–water partition coefficient (Wildman–Crippen LogP) is 1.79. The number of nitrogens with zero attached hydrogens (tertiary/aromatic N) is 5. The number of hydrogen-bond acceptors (Lipinski definition) is 6. The van der Waals surface area contributed by atoms with Gasteiger partial charge in [-0.2, -0.15) is 0 Å². The molecule has 0 unspecified atom stereocenters. The minimum absolute atomic E-state index is 0.137. The molecule has 1 amide bonds. The van der Waals surface area contributed by atoms with Gasteiger partial charge in [-0.05, 0) is 50.2 Å². The summed E-state index contributed by atoms with van der Waals surface area (Å²) in [6.07, 6.45) is 1.62. The highest BCUT2D eigenvalue weighted by Crippen LogP contribution is 2.16. The van der Waals surface area contributed by atoms with Crippen molar-refractivity contribution in [3.63, 3.8) is 0 Å². The maximum Gasteiger partial charge on any atom is 0.297 e. The molecule has 0 aliphatic rings. The van der Waals surface area contributed by atoms with Crippen molar-refractivity contribution in [1.82, 2.24) is 24.1 Å². The summed E-state index contributed by atoms with van der Waals surface area (Å²) < 4.78 is 8.34. The van der Waals surface area contributed by atoms with Gasteiger partial charge >= 0.3 is 0 Å². The fraction of sp³-hybridized carbons (Fsp3) is 0.211. The van der Waals surface area contributed by atoms with Crippen LogP contribution in [0, 0.1) is 6.92 Å². The Morgan fingerprint density at radius 1 is 1.14 bits per heavy atom. The van der Waals surface area contributed by atoms with Gasteiger partial charge in [-0.15, -0.1) is 10.2 Å². The van der Waals surface area contributed by atoms with E-state index in [4.69, 9.17) is 4.74 Å². The molecule has 0 spiro atoms. The number of ether oxygens (including phenoxy) is 1. The van der Waals surface area contributed by atoms with Crippen molar-refractivity contribution < 1.29 is 9.53 Å². The number of amides is 1. The zero-order chi connectivity index (χ0) is 19.7. The zero-order valence-corrected chi connectivity index (χ0v) is 15.4. The molecule has 0 saturated carbocycles. The van der Waals surface area contributed by atoms with Gasteiger partial charge in [0.2, 0.25) is 11.6 Å². The molecular formula is C19H18N6O3. The molecular weight excluding hydrogens is 360 g/mol. The van der Waals surface area contributed by atoms with Crippen molar-refractivity contribution in [2.45, 2.75) is 20.4 Å². The van der Waals surface area contributed by atoms with Crippen molar-refractivity contribution in [2.75, 3.05) is 11.9 Å². The maximum atomic E-state index is 12.9. The van der Waals surface area contributed by atoms with Crippen LogP contribution in [-0.4, -0.2) is 36.7 Å². The second kappa shape index (κ2) is 7.10. The number of carbonyl (C=O) groups excluding carboxylic acids is 1. The lowest BCUT2D eigenvalue weighted by Crippen LogP contribution is -2.29. The third kappa shape index (κ3) is 3.07. The Bertz CT molecular complexity index is 1230. The minimum atomic E-state index is -0.400.